The zero-order valence-corrected chi connectivity index (χ0v) is 11.9. The summed E-state index contributed by atoms with van der Waals surface area (Å²) in [5.41, 5.74) is 1.06. The Morgan fingerprint density at radius 3 is 2.81 bits per heavy atom. The standard InChI is InChI=1S/C12H17Cl2NS/c1-9(8-16-2)6-15-7-10-4-3-5-11(13)12(10)14/h3-5,9,15H,6-8H2,1-2H3. The van der Waals surface area contributed by atoms with E-state index in [1.807, 2.05) is 30.0 Å². The second kappa shape index (κ2) is 7.44. The molecule has 0 amide bonds. The average Bonchev–Trinajstić information content (AvgIpc) is 2.25. The van der Waals surface area contributed by atoms with Gasteiger partial charge in [0.15, 0.2) is 0 Å². The first-order valence-corrected chi connectivity index (χ1v) is 7.42. The molecule has 1 N–H and O–H groups in total. The Labute approximate surface area is 112 Å². The highest BCUT2D eigenvalue weighted by Gasteiger charge is 2.05. The van der Waals surface area contributed by atoms with Crippen LogP contribution in [0.25, 0.3) is 0 Å². The monoisotopic (exact) mass is 277 g/mol. The molecule has 16 heavy (non-hydrogen) atoms. The number of hydrogen-bond acceptors (Lipinski definition) is 2. The Morgan fingerprint density at radius 1 is 1.38 bits per heavy atom. The van der Waals surface area contributed by atoms with Crippen LogP contribution in [0.5, 0.6) is 0 Å². The number of nitrogens with one attached hydrogen (secondary N) is 1. The summed E-state index contributed by atoms with van der Waals surface area (Å²) in [6.07, 6.45) is 2.13. The van der Waals surface area contributed by atoms with Crippen molar-refractivity contribution in [1.82, 2.24) is 5.32 Å². The molecule has 1 nitrogen and oxygen atoms in total. The summed E-state index contributed by atoms with van der Waals surface area (Å²) in [4.78, 5) is 0. The topological polar surface area (TPSA) is 12.0 Å². The van der Waals surface area contributed by atoms with Crippen molar-refractivity contribution >= 4 is 35.0 Å². The van der Waals surface area contributed by atoms with Crippen molar-refractivity contribution in [1.29, 1.82) is 0 Å². The van der Waals surface area contributed by atoms with Crippen molar-refractivity contribution in [3.8, 4) is 0 Å². The molecule has 0 aromatic heterocycles. The van der Waals surface area contributed by atoms with E-state index in [9.17, 15) is 0 Å². The number of thioether (sulfide) groups is 1. The van der Waals surface area contributed by atoms with Crippen LogP contribution >= 0.6 is 35.0 Å². The van der Waals surface area contributed by atoms with Crippen molar-refractivity contribution in [3.63, 3.8) is 0 Å². The van der Waals surface area contributed by atoms with Crippen LogP contribution in [0.15, 0.2) is 18.2 Å². The van der Waals surface area contributed by atoms with E-state index < -0.39 is 0 Å². The van der Waals surface area contributed by atoms with E-state index in [2.05, 4.69) is 18.5 Å². The van der Waals surface area contributed by atoms with Crippen LogP contribution in [0.1, 0.15) is 12.5 Å². The van der Waals surface area contributed by atoms with Gasteiger partial charge in [0.2, 0.25) is 0 Å². The first-order valence-electron chi connectivity index (χ1n) is 5.27. The van der Waals surface area contributed by atoms with Crippen LogP contribution in [-0.4, -0.2) is 18.6 Å². The predicted molar refractivity (Wildman–Crippen MR) is 75.7 cm³/mol. The predicted octanol–water partition coefficient (Wildman–Crippen LogP) is 4.08. The molecule has 0 radical (unpaired) electrons. The Kier molecular flexibility index (Phi) is 6.59. The summed E-state index contributed by atoms with van der Waals surface area (Å²) < 4.78 is 0. The van der Waals surface area contributed by atoms with Gasteiger partial charge in [0.25, 0.3) is 0 Å². The lowest BCUT2D eigenvalue weighted by Gasteiger charge is -2.12. The Balaban J connectivity index is 2.40. The van der Waals surface area contributed by atoms with Gasteiger partial charge >= 0.3 is 0 Å². The zero-order chi connectivity index (χ0) is 12.0. The van der Waals surface area contributed by atoms with Gasteiger partial charge in [-0.25, -0.2) is 0 Å². The number of rotatable bonds is 6. The number of halogens is 2. The number of benzene rings is 1. The van der Waals surface area contributed by atoms with E-state index in [1.165, 1.54) is 5.75 Å². The molecule has 1 aromatic rings. The smallest absolute Gasteiger partial charge is 0.0637 e. The van der Waals surface area contributed by atoms with E-state index in [0.29, 0.717) is 16.0 Å². The van der Waals surface area contributed by atoms with Crippen LogP contribution in [0.2, 0.25) is 10.0 Å². The fourth-order valence-corrected chi connectivity index (χ4v) is 2.56. The van der Waals surface area contributed by atoms with E-state index in [4.69, 9.17) is 23.2 Å². The fourth-order valence-electron chi connectivity index (χ4n) is 1.48. The maximum absolute atomic E-state index is 6.09. The molecule has 1 aromatic carbocycles. The van der Waals surface area contributed by atoms with Gasteiger partial charge in [-0.1, -0.05) is 42.3 Å². The summed E-state index contributed by atoms with van der Waals surface area (Å²) >= 11 is 13.9. The van der Waals surface area contributed by atoms with Crippen molar-refractivity contribution in [2.24, 2.45) is 5.92 Å². The first-order chi connectivity index (χ1) is 7.65. The van der Waals surface area contributed by atoms with Gasteiger partial charge in [0.1, 0.15) is 0 Å². The molecule has 0 bridgehead atoms. The fraction of sp³-hybridized carbons (Fsp3) is 0.500. The molecule has 0 aliphatic rings. The highest BCUT2D eigenvalue weighted by atomic mass is 35.5. The van der Waals surface area contributed by atoms with Crippen LogP contribution in [-0.2, 0) is 6.54 Å². The van der Waals surface area contributed by atoms with E-state index in [1.54, 1.807) is 0 Å². The normalized spacial score (nSPS) is 12.8. The van der Waals surface area contributed by atoms with Crippen LogP contribution in [0.4, 0.5) is 0 Å². The van der Waals surface area contributed by atoms with Gasteiger partial charge in [-0.3, -0.25) is 0 Å². The van der Waals surface area contributed by atoms with Gasteiger partial charge in [0, 0.05) is 6.54 Å². The number of hydrogen-bond donors (Lipinski definition) is 1. The average molecular weight is 278 g/mol. The molecule has 0 saturated heterocycles. The van der Waals surface area contributed by atoms with Crippen molar-refractivity contribution in [3.05, 3.63) is 33.8 Å². The third kappa shape index (κ3) is 4.54. The third-order valence-corrected chi connectivity index (χ3v) is 4.05. The Hall–Kier alpha value is 0.110. The second-order valence-electron chi connectivity index (χ2n) is 3.90. The van der Waals surface area contributed by atoms with E-state index in [-0.39, 0.29) is 0 Å². The highest BCUT2D eigenvalue weighted by Crippen LogP contribution is 2.25. The molecular formula is C12H17Cl2NS. The molecule has 0 spiro atoms. The van der Waals surface area contributed by atoms with E-state index >= 15 is 0 Å². The highest BCUT2D eigenvalue weighted by molar-refractivity contribution is 7.98. The minimum Gasteiger partial charge on any atom is -0.312 e. The largest absolute Gasteiger partial charge is 0.312 e. The zero-order valence-electron chi connectivity index (χ0n) is 9.59. The summed E-state index contributed by atoms with van der Waals surface area (Å²) in [6.45, 7) is 4.02. The van der Waals surface area contributed by atoms with Crippen molar-refractivity contribution in [2.75, 3.05) is 18.6 Å². The molecule has 1 atom stereocenters. The molecule has 0 aliphatic carbocycles. The Morgan fingerprint density at radius 2 is 2.12 bits per heavy atom. The molecule has 0 saturated carbocycles. The SMILES string of the molecule is CSCC(C)CNCc1cccc(Cl)c1Cl. The second-order valence-corrected chi connectivity index (χ2v) is 5.60. The summed E-state index contributed by atoms with van der Waals surface area (Å²) in [5.74, 6) is 1.85. The molecule has 1 rings (SSSR count). The van der Waals surface area contributed by atoms with Gasteiger partial charge in [0.05, 0.1) is 10.0 Å². The third-order valence-electron chi connectivity index (χ3n) is 2.29. The van der Waals surface area contributed by atoms with Crippen LogP contribution < -0.4 is 5.32 Å². The van der Waals surface area contributed by atoms with E-state index in [0.717, 1.165) is 18.7 Å². The van der Waals surface area contributed by atoms with Gasteiger partial charge in [-0.05, 0) is 36.1 Å². The van der Waals surface area contributed by atoms with Crippen molar-refractivity contribution in [2.45, 2.75) is 13.5 Å². The van der Waals surface area contributed by atoms with Crippen LogP contribution in [0.3, 0.4) is 0 Å². The minimum absolute atomic E-state index is 0.623. The molecule has 0 heterocycles. The van der Waals surface area contributed by atoms with Crippen LogP contribution in [0, 0.1) is 5.92 Å². The molecule has 0 fully saturated rings. The van der Waals surface area contributed by atoms with Gasteiger partial charge in [-0.2, -0.15) is 11.8 Å². The first kappa shape index (κ1) is 14.2. The maximum atomic E-state index is 6.09. The van der Waals surface area contributed by atoms with Crippen molar-refractivity contribution < 1.29 is 0 Å². The molecular weight excluding hydrogens is 261 g/mol. The minimum atomic E-state index is 0.623. The lowest BCUT2D eigenvalue weighted by molar-refractivity contribution is 0.559. The molecule has 4 heteroatoms. The lowest BCUT2D eigenvalue weighted by Crippen LogP contribution is -2.22. The molecule has 90 valence electrons. The van der Waals surface area contributed by atoms with Gasteiger partial charge < -0.3 is 5.32 Å². The lowest BCUT2D eigenvalue weighted by atomic mass is 10.2. The maximum Gasteiger partial charge on any atom is 0.0637 e. The molecule has 0 aliphatic heterocycles. The quantitative estimate of drug-likeness (QED) is 0.841. The summed E-state index contributed by atoms with van der Waals surface area (Å²) in [7, 11) is 0. The van der Waals surface area contributed by atoms with Gasteiger partial charge in [-0.15, -0.1) is 0 Å². The summed E-state index contributed by atoms with van der Waals surface area (Å²) in [5, 5.41) is 4.68. The Bertz CT molecular complexity index is 331. The summed E-state index contributed by atoms with van der Waals surface area (Å²) in [6, 6.07) is 5.74. The molecule has 1 unspecified atom stereocenters.